The second-order valence-corrected chi connectivity index (χ2v) is 10.2. The number of allylic oxidation sites excluding steroid dienone is 1. The highest BCUT2D eigenvalue weighted by Crippen LogP contribution is 2.60. The highest BCUT2D eigenvalue weighted by molar-refractivity contribution is 5.28. The Kier molecular flexibility index (Phi) is 5.40. The molecule has 4 rings (SSSR count). The first kappa shape index (κ1) is 20.7. The van der Waals surface area contributed by atoms with Gasteiger partial charge in [-0.25, -0.2) is 0 Å². The van der Waals surface area contributed by atoms with Crippen LogP contribution >= 0.6 is 0 Å². The molecule has 0 heterocycles. The van der Waals surface area contributed by atoms with E-state index in [1.165, 1.54) is 32.1 Å². The molecule has 0 unspecified atom stereocenters. The Morgan fingerprint density at radius 1 is 1.18 bits per heavy atom. The topological polar surface area (TPSA) is 29.5 Å². The zero-order valence-corrected chi connectivity index (χ0v) is 17.2. The summed E-state index contributed by atoms with van der Waals surface area (Å²) in [6, 6.07) is 0. The SMILES string of the molecule is CCC[C@@H]1CCC[C@H]2[C@H]1CC=C1[C@@H](O)[C@@H](OCC3(C(F)(F)F)CC3)CC[C@@]12C. The third-order valence-electron chi connectivity index (χ3n) is 8.61. The maximum atomic E-state index is 13.2. The fraction of sp³-hybridized carbons (Fsp3) is 0.913. The predicted octanol–water partition coefficient (Wildman–Crippen LogP) is 6.04. The van der Waals surface area contributed by atoms with Crippen molar-refractivity contribution in [3.63, 3.8) is 0 Å². The third kappa shape index (κ3) is 3.34. The fourth-order valence-corrected chi connectivity index (χ4v) is 6.63. The van der Waals surface area contributed by atoms with E-state index in [9.17, 15) is 18.3 Å². The number of aliphatic hydroxyl groups excluding tert-OH is 1. The van der Waals surface area contributed by atoms with E-state index in [1.54, 1.807) is 0 Å². The first-order valence-electron chi connectivity index (χ1n) is 11.3. The van der Waals surface area contributed by atoms with Gasteiger partial charge < -0.3 is 9.84 Å². The fourth-order valence-electron chi connectivity index (χ4n) is 6.63. The lowest BCUT2D eigenvalue weighted by molar-refractivity contribution is -0.211. The molecule has 0 aromatic heterocycles. The smallest absolute Gasteiger partial charge is 0.386 e. The minimum Gasteiger partial charge on any atom is -0.386 e. The summed E-state index contributed by atoms with van der Waals surface area (Å²) < 4.78 is 45.4. The van der Waals surface area contributed by atoms with Crippen molar-refractivity contribution in [1.82, 2.24) is 0 Å². The molecule has 0 amide bonds. The van der Waals surface area contributed by atoms with Crippen molar-refractivity contribution in [3.05, 3.63) is 11.6 Å². The van der Waals surface area contributed by atoms with Crippen LogP contribution in [0.4, 0.5) is 13.2 Å². The molecule has 160 valence electrons. The average Bonchev–Trinajstić information content (AvgIpc) is 3.43. The van der Waals surface area contributed by atoms with Crippen LogP contribution in [0.5, 0.6) is 0 Å². The Hall–Kier alpha value is -0.550. The second-order valence-electron chi connectivity index (χ2n) is 10.2. The summed E-state index contributed by atoms with van der Waals surface area (Å²) in [4.78, 5) is 0. The molecule has 0 aromatic carbocycles. The van der Waals surface area contributed by atoms with Gasteiger partial charge in [-0.2, -0.15) is 13.2 Å². The zero-order chi connectivity index (χ0) is 20.2. The molecule has 0 aliphatic heterocycles. The van der Waals surface area contributed by atoms with Crippen LogP contribution in [-0.4, -0.2) is 30.1 Å². The maximum absolute atomic E-state index is 13.2. The highest BCUT2D eigenvalue weighted by Gasteiger charge is 2.64. The van der Waals surface area contributed by atoms with Gasteiger partial charge in [-0.1, -0.05) is 45.6 Å². The summed E-state index contributed by atoms with van der Waals surface area (Å²) in [7, 11) is 0. The Morgan fingerprint density at radius 2 is 1.93 bits per heavy atom. The lowest BCUT2D eigenvalue weighted by Crippen LogP contribution is -2.51. The van der Waals surface area contributed by atoms with Crippen molar-refractivity contribution in [2.24, 2.45) is 28.6 Å². The van der Waals surface area contributed by atoms with Crippen LogP contribution in [0.25, 0.3) is 0 Å². The van der Waals surface area contributed by atoms with Crippen LogP contribution in [0.3, 0.4) is 0 Å². The molecule has 4 aliphatic rings. The molecular weight excluding hydrogens is 365 g/mol. The number of ether oxygens (including phenoxy) is 1. The van der Waals surface area contributed by atoms with Gasteiger partial charge in [0.25, 0.3) is 0 Å². The van der Waals surface area contributed by atoms with E-state index in [0.717, 1.165) is 24.3 Å². The lowest BCUT2D eigenvalue weighted by Gasteiger charge is -2.55. The van der Waals surface area contributed by atoms with Gasteiger partial charge in [0.1, 0.15) is 6.10 Å². The number of aliphatic hydroxyl groups is 1. The summed E-state index contributed by atoms with van der Waals surface area (Å²) in [5.41, 5.74) is -0.620. The molecule has 3 saturated carbocycles. The number of alkyl halides is 3. The van der Waals surface area contributed by atoms with Gasteiger partial charge >= 0.3 is 6.18 Å². The maximum Gasteiger partial charge on any atom is 0.396 e. The van der Waals surface area contributed by atoms with Gasteiger partial charge in [0, 0.05) is 0 Å². The molecule has 28 heavy (non-hydrogen) atoms. The Labute approximate surface area is 166 Å². The summed E-state index contributed by atoms with van der Waals surface area (Å²) in [5, 5.41) is 11.0. The van der Waals surface area contributed by atoms with Gasteiger partial charge in [0.15, 0.2) is 0 Å². The number of hydrogen-bond acceptors (Lipinski definition) is 2. The molecule has 0 aromatic rings. The van der Waals surface area contributed by atoms with Crippen molar-refractivity contribution < 1.29 is 23.0 Å². The molecule has 6 atom stereocenters. The van der Waals surface area contributed by atoms with Crippen molar-refractivity contribution >= 4 is 0 Å². The van der Waals surface area contributed by atoms with Gasteiger partial charge in [-0.15, -0.1) is 0 Å². The molecular formula is C23H35F3O2. The molecule has 2 nitrogen and oxygen atoms in total. The quantitative estimate of drug-likeness (QED) is 0.570. The van der Waals surface area contributed by atoms with Gasteiger partial charge in [0.2, 0.25) is 0 Å². The first-order valence-corrected chi connectivity index (χ1v) is 11.3. The van der Waals surface area contributed by atoms with Crippen LogP contribution in [0.15, 0.2) is 11.6 Å². The van der Waals surface area contributed by atoms with Gasteiger partial charge in [0.05, 0.1) is 18.1 Å². The minimum atomic E-state index is -4.20. The Morgan fingerprint density at radius 3 is 2.57 bits per heavy atom. The van der Waals surface area contributed by atoms with Crippen LogP contribution in [0.2, 0.25) is 0 Å². The van der Waals surface area contributed by atoms with Crippen LogP contribution in [-0.2, 0) is 4.74 Å². The van der Waals surface area contributed by atoms with Crippen molar-refractivity contribution in [3.8, 4) is 0 Å². The highest BCUT2D eigenvalue weighted by atomic mass is 19.4. The van der Waals surface area contributed by atoms with Crippen molar-refractivity contribution in [2.45, 2.75) is 96.4 Å². The van der Waals surface area contributed by atoms with Gasteiger partial charge in [-0.3, -0.25) is 0 Å². The minimum absolute atomic E-state index is 0.0180. The van der Waals surface area contributed by atoms with Crippen LogP contribution in [0, 0.1) is 28.6 Å². The molecule has 5 heteroatoms. The number of rotatable bonds is 5. The molecule has 3 fully saturated rings. The molecule has 0 radical (unpaired) electrons. The van der Waals surface area contributed by atoms with Crippen LogP contribution < -0.4 is 0 Å². The van der Waals surface area contributed by atoms with Crippen molar-refractivity contribution in [2.75, 3.05) is 6.61 Å². The Bertz CT molecular complexity index is 607. The van der Waals surface area contributed by atoms with E-state index in [4.69, 9.17) is 4.74 Å². The largest absolute Gasteiger partial charge is 0.396 e. The van der Waals surface area contributed by atoms with Crippen LogP contribution in [0.1, 0.15) is 78.1 Å². The van der Waals surface area contributed by atoms with E-state index >= 15 is 0 Å². The van der Waals surface area contributed by atoms with Gasteiger partial charge in [-0.05, 0) is 67.3 Å². The third-order valence-corrected chi connectivity index (χ3v) is 8.61. The number of hydrogen-bond donors (Lipinski definition) is 1. The second kappa shape index (κ2) is 7.30. The molecule has 0 bridgehead atoms. The Balaban J connectivity index is 1.47. The standard InChI is InChI=1S/C23H35F3O2/c1-3-5-15-6-4-7-17-16(15)8-9-18-20(27)19(10-11-21(17,18)2)28-14-22(12-13-22)23(24,25)26/h9,15-17,19-20,27H,3-8,10-14H2,1-2H3/t15-,16+,17+,19+,20-,21-/m1/s1. The van der Waals surface area contributed by atoms with E-state index < -0.39 is 23.8 Å². The van der Waals surface area contributed by atoms with E-state index in [1.807, 2.05) is 0 Å². The summed E-state index contributed by atoms with van der Waals surface area (Å²) in [6.07, 6.45) is 5.98. The molecule has 1 N–H and O–H groups in total. The lowest BCUT2D eigenvalue weighted by atomic mass is 9.51. The zero-order valence-electron chi connectivity index (χ0n) is 17.2. The summed E-state index contributed by atoms with van der Waals surface area (Å²) >= 11 is 0. The predicted molar refractivity (Wildman–Crippen MR) is 103 cm³/mol. The molecule has 4 aliphatic carbocycles. The number of halogens is 3. The molecule has 0 spiro atoms. The summed E-state index contributed by atoms with van der Waals surface area (Å²) in [6.45, 7) is 4.25. The first-order chi connectivity index (χ1) is 13.2. The molecule has 0 saturated heterocycles. The van der Waals surface area contributed by atoms with E-state index in [0.29, 0.717) is 18.3 Å². The van der Waals surface area contributed by atoms with Crippen molar-refractivity contribution in [1.29, 1.82) is 0 Å². The van der Waals surface area contributed by atoms with E-state index in [-0.39, 0.29) is 24.9 Å². The van der Waals surface area contributed by atoms with E-state index in [2.05, 4.69) is 19.9 Å². The summed E-state index contributed by atoms with van der Waals surface area (Å²) in [5.74, 6) is 2.08. The number of fused-ring (bicyclic) bond motifs is 3. The average molecular weight is 401 g/mol. The monoisotopic (exact) mass is 400 g/mol. The normalized spacial score (nSPS) is 42.4.